The van der Waals surface area contributed by atoms with Crippen molar-refractivity contribution in [1.82, 2.24) is 10.2 Å². The lowest BCUT2D eigenvalue weighted by atomic mass is 10.1. The first-order chi connectivity index (χ1) is 7.25. The van der Waals surface area contributed by atoms with Crippen molar-refractivity contribution in [1.29, 1.82) is 0 Å². The monoisotopic (exact) mass is 203 g/mol. The van der Waals surface area contributed by atoms with Gasteiger partial charge >= 0.3 is 0 Å². The molecule has 3 nitrogen and oxygen atoms in total. The van der Waals surface area contributed by atoms with E-state index < -0.39 is 0 Å². The van der Waals surface area contributed by atoms with E-state index in [1.807, 2.05) is 18.2 Å². The van der Waals surface area contributed by atoms with Crippen molar-refractivity contribution < 1.29 is 0 Å². The van der Waals surface area contributed by atoms with Gasteiger partial charge in [0.25, 0.3) is 0 Å². The van der Waals surface area contributed by atoms with Crippen LogP contribution in [0.2, 0.25) is 0 Å². The van der Waals surface area contributed by atoms with E-state index in [9.17, 15) is 0 Å². The number of rotatable bonds is 1. The summed E-state index contributed by atoms with van der Waals surface area (Å²) in [5, 5.41) is 3.51. The Morgan fingerprint density at radius 3 is 2.80 bits per heavy atom. The zero-order chi connectivity index (χ0) is 10.7. The molecule has 0 bridgehead atoms. The summed E-state index contributed by atoms with van der Waals surface area (Å²) in [5.41, 5.74) is 3.02. The third kappa shape index (κ3) is 2.58. The Bertz CT molecular complexity index is 338. The Morgan fingerprint density at radius 1 is 1.33 bits per heavy atom. The van der Waals surface area contributed by atoms with E-state index in [0.29, 0.717) is 12.1 Å². The van der Waals surface area contributed by atoms with Crippen LogP contribution < -0.4 is 5.32 Å². The molecule has 0 aromatic rings. The average Bonchev–Trinajstić information content (AvgIpc) is 2.43. The van der Waals surface area contributed by atoms with E-state index in [0.717, 1.165) is 18.9 Å². The summed E-state index contributed by atoms with van der Waals surface area (Å²) < 4.78 is 0. The molecule has 1 fully saturated rings. The molecule has 15 heavy (non-hydrogen) atoms. The lowest BCUT2D eigenvalue weighted by Crippen LogP contribution is -2.53. The Labute approximate surface area is 90.9 Å². The maximum Gasteiger partial charge on any atom is 0.129 e. The molecule has 0 aromatic heterocycles. The van der Waals surface area contributed by atoms with E-state index in [1.165, 1.54) is 0 Å². The van der Waals surface area contributed by atoms with Gasteiger partial charge in [0.2, 0.25) is 0 Å². The molecule has 1 N–H and O–H groups in total. The van der Waals surface area contributed by atoms with Crippen LogP contribution in [0.4, 0.5) is 0 Å². The van der Waals surface area contributed by atoms with Gasteiger partial charge in [0.1, 0.15) is 5.82 Å². The summed E-state index contributed by atoms with van der Waals surface area (Å²) in [6, 6.07) is 1.04. The second-order valence-corrected chi connectivity index (χ2v) is 4.18. The highest BCUT2D eigenvalue weighted by molar-refractivity contribution is 5.72. The summed E-state index contributed by atoms with van der Waals surface area (Å²) in [6.07, 6.45) is 7.57. The van der Waals surface area contributed by atoms with Crippen LogP contribution in [0, 0.1) is 0 Å². The van der Waals surface area contributed by atoms with Gasteiger partial charge in [-0.1, -0.05) is 0 Å². The molecule has 0 aliphatic carbocycles. The highest BCUT2D eigenvalue weighted by Crippen LogP contribution is 2.13. The average molecular weight is 203 g/mol. The van der Waals surface area contributed by atoms with E-state index in [-0.39, 0.29) is 0 Å². The Balaban J connectivity index is 2.10. The minimum absolute atomic E-state index is 0.519. The molecule has 2 heterocycles. The molecule has 2 aliphatic heterocycles. The molecule has 2 aliphatic rings. The Morgan fingerprint density at radius 2 is 2.07 bits per heavy atom. The van der Waals surface area contributed by atoms with Gasteiger partial charge in [-0.2, -0.15) is 0 Å². The molecule has 0 radical (unpaired) electrons. The molecule has 0 saturated carbocycles. The van der Waals surface area contributed by atoms with Gasteiger partial charge in [0.05, 0.1) is 0 Å². The van der Waals surface area contributed by atoms with Crippen LogP contribution in [-0.4, -0.2) is 36.3 Å². The number of nitrogens with one attached hydrogen (secondary N) is 1. The SMILES string of the molecule is CC1CN(C2=CC=C=CC=N2)CC(C)N1. The van der Waals surface area contributed by atoms with Crippen molar-refractivity contribution in [2.75, 3.05) is 13.1 Å². The quantitative estimate of drug-likeness (QED) is 0.651. The first-order valence-electron chi connectivity index (χ1n) is 5.42. The fourth-order valence-corrected chi connectivity index (χ4v) is 2.08. The molecule has 0 spiro atoms. The zero-order valence-electron chi connectivity index (χ0n) is 9.27. The van der Waals surface area contributed by atoms with Crippen LogP contribution in [0.1, 0.15) is 13.8 Å². The zero-order valence-corrected chi connectivity index (χ0v) is 9.27. The number of hydrogen-bond donors (Lipinski definition) is 1. The number of allylic oxidation sites excluding steroid dienone is 2. The summed E-state index contributed by atoms with van der Waals surface area (Å²) in [5.74, 6) is 1.04. The van der Waals surface area contributed by atoms with E-state index in [1.54, 1.807) is 6.21 Å². The van der Waals surface area contributed by atoms with Crippen LogP contribution in [0.3, 0.4) is 0 Å². The summed E-state index contributed by atoms with van der Waals surface area (Å²) >= 11 is 0. The lowest BCUT2D eigenvalue weighted by molar-refractivity contribution is 0.214. The minimum Gasteiger partial charge on any atom is -0.354 e. The molecule has 80 valence electrons. The number of piperazine rings is 1. The minimum atomic E-state index is 0.519. The van der Waals surface area contributed by atoms with Gasteiger partial charge in [0.15, 0.2) is 0 Å². The summed E-state index contributed by atoms with van der Waals surface area (Å²) in [4.78, 5) is 6.72. The highest BCUT2D eigenvalue weighted by atomic mass is 15.3. The van der Waals surface area contributed by atoms with Gasteiger partial charge in [-0.05, 0) is 32.1 Å². The summed E-state index contributed by atoms with van der Waals surface area (Å²) in [7, 11) is 0. The fraction of sp³-hybridized carbons (Fsp3) is 0.500. The maximum absolute atomic E-state index is 4.40. The second-order valence-electron chi connectivity index (χ2n) is 4.18. The van der Waals surface area contributed by atoms with Crippen molar-refractivity contribution in [3.05, 3.63) is 29.8 Å². The largest absolute Gasteiger partial charge is 0.354 e. The smallest absolute Gasteiger partial charge is 0.129 e. The Kier molecular flexibility index (Phi) is 3.05. The van der Waals surface area contributed by atoms with Gasteiger partial charge in [-0.3, -0.25) is 0 Å². The molecular formula is C12H17N3. The first kappa shape index (κ1) is 10.2. The van der Waals surface area contributed by atoms with Crippen molar-refractivity contribution in [3.8, 4) is 0 Å². The molecule has 3 heteroatoms. The molecule has 2 atom stereocenters. The predicted molar refractivity (Wildman–Crippen MR) is 62.9 cm³/mol. The Hall–Kier alpha value is -1.31. The lowest BCUT2D eigenvalue weighted by Gasteiger charge is -2.37. The van der Waals surface area contributed by atoms with E-state index in [2.05, 4.69) is 34.8 Å². The third-order valence-corrected chi connectivity index (χ3v) is 2.59. The van der Waals surface area contributed by atoms with Crippen LogP contribution in [0.25, 0.3) is 0 Å². The standard InChI is InChI=1S/C12H17N3/c1-10-8-15(9-11(2)14-10)12-6-4-3-5-7-13-12/h4-7,10-11,14H,8-9H2,1-2H3. The molecular weight excluding hydrogens is 186 g/mol. The van der Waals surface area contributed by atoms with E-state index in [4.69, 9.17) is 0 Å². The van der Waals surface area contributed by atoms with Crippen LogP contribution >= 0.6 is 0 Å². The van der Waals surface area contributed by atoms with Gasteiger partial charge in [-0.25, -0.2) is 4.99 Å². The topological polar surface area (TPSA) is 27.6 Å². The van der Waals surface area contributed by atoms with E-state index >= 15 is 0 Å². The van der Waals surface area contributed by atoms with Crippen LogP contribution in [0.15, 0.2) is 34.8 Å². The van der Waals surface area contributed by atoms with Gasteiger partial charge in [-0.15, -0.1) is 5.73 Å². The predicted octanol–water partition coefficient (Wildman–Crippen LogP) is 1.31. The highest BCUT2D eigenvalue weighted by Gasteiger charge is 2.21. The number of hydrogen-bond acceptors (Lipinski definition) is 3. The van der Waals surface area contributed by atoms with Gasteiger partial charge < -0.3 is 10.2 Å². The number of aliphatic imine (C=N–C) groups is 1. The molecule has 2 unspecified atom stereocenters. The van der Waals surface area contributed by atoms with Crippen molar-refractivity contribution in [2.24, 2.45) is 4.99 Å². The second kappa shape index (κ2) is 4.47. The van der Waals surface area contributed by atoms with Crippen molar-refractivity contribution >= 4 is 6.21 Å². The van der Waals surface area contributed by atoms with Crippen LogP contribution in [-0.2, 0) is 0 Å². The summed E-state index contributed by atoms with van der Waals surface area (Å²) in [6.45, 7) is 6.44. The van der Waals surface area contributed by atoms with Crippen molar-refractivity contribution in [2.45, 2.75) is 25.9 Å². The number of nitrogens with zero attached hydrogens (tertiary/aromatic N) is 2. The van der Waals surface area contributed by atoms with Crippen molar-refractivity contribution in [3.63, 3.8) is 0 Å². The molecule has 2 rings (SSSR count). The maximum atomic E-state index is 4.40. The molecule has 0 aromatic carbocycles. The fourth-order valence-electron chi connectivity index (χ4n) is 2.08. The van der Waals surface area contributed by atoms with Crippen LogP contribution in [0.5, 0.6) is 0 Å². The van der Waals surface area contributed by atoms with Gasteiger partial charge in [0, 0.05) is 31.4 Å². The molecule has 1 saturated heterocycles. The third-order valence-electron chi connectivity index (χ3n) is 2.59. The first-order valence-corrected chi connectivity index (χ1v) is 5.42. The normalized spacial score (nSPS) is 30.3. The molecule has 0 amide bonds.